The van der Waals surface area contributed by atoms with Crippen molar-refractivity contribution in [2.75, 3.05) is 18.0 Å². The molecular weight excluding hydrogens is 372 g/mol. The number of carbonyl (C=O) groups is 1. The molecule has 0 bridgehead atoms. The van der Waals surface area contributed by atoms with Crippen LogP contribution >= 0.6 is 0 Å². The van der Waals surface area contributed by atoms with E-state index in [9.17, 15) is 23.7 Å². The van der Waals surface area contributed by atoms with Gasteiger partial charge in [0.1, 0.15) is 5.75 Å². The molecule has 1 amide bonds. The quantitative estimate of drug-likeness (QED) is 0.574. The number of hydrogen-bond acceptors (Lipinski definition) is 5. The van der Waals surface area contributed by atoms with Gasteiger partial charge in [0.25, 0.3) is 11.6 Å². The van der Waals surface area contributed by atoms with Gasteiger partial charge >= 0.3 is 6.61 Å². The lowest BCUT2D eigenvalue weighted by Gasteiger charge is -2.21. The first-order chi connectivity index (χ1) is 13.4. The largest absolute Gasteiger partial charge is 0.435 e. The molecule has 1 aliphatic rings. The number of rotatable bonds is 7. The molecule has 2 aromatic carbocycles. The Kier molecular flexibility index (Phi) is 6.03. The number of ether oxygens (including phenoxy) is 1. The van der Waals surface area contributed by atoms with E-state index in [-0.39, 0.29) is 23.5 Å². The fourth-order valence-electron chi connectivity index (χ4n) is 3.16. The van der Waals surface area contributed by atoms with Gasteiger partial charge < -0.3 is 15.0 Å². The molecule has 0 spiro atoms. The number of amides is 1. The van der Waals surface area contributed by atoms with Crippen molar-refractivity contribution < 1.29 is 23.2 Å². The Balaban J connectivity index is 1.77. The SMILES string of the molecule is O=C(NCc1cccc(OC(F)F)c1)c1cc([N+](=O)[O-])ccc1N1CCCC1. The van der Waals surface area contributed by atoms with Crippen LogP contribution in [0.1, 0.15) is 28.8 Å². The van der Waals surface area contributed by atoms with Crippen molar-refractivity contribution in [3.63, 3.8) is 0 Å². The third kappa shape index (κ3) is 4.73. The molecule has 1 saturated heterocycles. The van der Waals surface area contributed by atoms with Crippen LogP contribution < -0.4 is 15.0 Å². The predicted molar refractivity (Wildman–Crippen MR) is 98.8 cm³/mol. The molecule has 0 saturated carbocycles. The molecule has 28 heavy (non-hydrogen) atoms. The first kappa shape index (κ1) is 19.5. The molecule has 0 unspecified atom stereocenters. The maximum absolute atomic E-state index is 12.7. The Bertz CT molecular complexity index is 870. The van der Waals surface area contributed by atoms with Crippen LogP contribution in [0.3, 0.4) is 0 Å². The van der Waals surface area contributed by atoms with E-state index in [1.54, 1.807) is 18.2 Å². The summed E-state index contributed by atoms with van der Waals surface area (Å²) in [4.78, 5) is 25.3. The fourth-order valence-corrected chi connectivity index (χ4v) is 3.16. The third-order valence-electron chi connectivity index (χ3n) is 4.46. The summed E-state index contributed by atoms with van der Waals surface area (Å²) in [5.74, 6) is -0.472. The van der Waals surface area contributed by atoms with Gasteiger partial charge in [0.15, 0.2) is 0 Å². The summed E-state index contributed by atoms with van der Waals surface area (Å²) in [6.07, 6.45) is 1.99. The fraction of sp³-hybridized carbons (Fsp3) is 0.316. The number of benzene rings is 2. The molecule has 7 nitrogen and oxygen atoms in total. The van der Waals surface area contributed by atoms with E-state index in [0.29, 0.717) is 11.3 Å². The van der Waals surface area contributed by atoms with Crippen LogP contribution in [0.25, 0.3) is 0 Å². The van der Waals surface area contributed by atoms with E-state index < -0.39 is 17.4 Å². The molecule has 1 heterocycles. The first-order valence-corrected chi connectivity index (χ1v) is 8.79. The van der Waals surface area contributed by atoms with Crippen LogP contribution in [0.2, 0.25) is 0 Å². The zero-order chi connectivity index (χ0) is 20.1. The average Bonchev–Trinajstić information content (AvgIpc) is 3.20. The molecule has 1 N–H and O–H groups in total. The van der Waals surface area contributed by atoms with Gasteiger partial charge in [-0.15, -0.1) is 0 Å². The number of nitro benzene ring substituents is 1. The highest BCUT2D eigenvalue weighted by Crippen LogP contribution is 2.28. The molecule has 1 aliphatic heterocycles. The van der Waals surface area contributed by atoms with E-state index in [0.717, 1.165) is 25.9 Å². The third-order valence-corrected chi connectivity index (χ3v) is 4.46. The Morgan fingerprint density at radius 1 is 1.21 bits per heavy atom. The number of alkyl halides is 2. The molecule has 0 atom stereocenters. The van der Waals surface area contributed by atoms with Gasteiger partial charge in [-0.2, -0.15) is 8.78 Å². The monoisotopic (exact) mass is 391 g/mol. The average molecular weight is 391 g/mol. The molecule has 148 valence electrons. The van der Waals surface area contributed by atoms with Crippen LogP contribution in [0.15, 0.2) is 42.5 Å². The Labute approximate surface area is 160 Å². The summed E-state index contributed by atoms with van der Waals surface area (Å²) in [6.45, 7) is -1.30. The highest BCUT2D eigenvalue weighted by Gasteiger charge is 2.22. The topological polar surface area (TPSA) is 84.7 Å². The summed E-state index contributed by atoms with van der Waals surface area (Å²) in [6, 6.07) is 10.2. The van der Waals surface area contributed by atoms with Gasteiger partial charge in [0, 0.05) is 31.8 Å². The number of hydrogen-bond donors (Lipinski definition) is 1. The summed E-state index contributed by atoms with van der Waals surface area (Å²) in [5, 5.41) is 13.8. The molecular formula is C19H19F2N3O4. The van der Waals surface area contributed by atoms with Crippen molar-refractivity contribution in [3.8, 4) is 5.75 Å². The number of nitrogens with one attached hydrogen (secondary N) is 1. The van der Waals surface area contributed by atoms with Crippen LogP contribution in [-0.2, 0) is 6.54 Å². The van der Waals surface area contributed by atoms with Gasteiger partial charge in [0.2, 0.25) is 0 Å². The second kappa shape index (κ2) is 8.64. The Morgan fingerprint density at radius 3 is 2.64 bits per heavy atom. The predicted octanol–water partition coefficient (Wildman–Crippen LogP) is 3.73. The van der Waals surface area contributed by atoms with Gasteiger partial charge in [0.05, 0.1) is 16.2 Å². The number of nitro groups is 1. The lowest BCUT2D eigenvalue weighted by Crippen LogP contribution is -2.27. The summed E-state index contributed by atoms with van der Waals surface area (Å²) in [7, 11) is 0. The maximum Gasteiger partial charge on any atom is 0.387 e. The Morgan fingerprint density at radius 2 is 1.96 bits per heavy atom. The lowest BCUT2D eigenvalue weighted by atomic mass is 10.1. The smallest absolute Gasteiger partial charge is 0.387 e. The number of anilines is 1. The zero-order valence-electron chi connectivity index (χ0n) is 14.9. The van der Waals surface area contributed by atoms with Crippen molar-refractivity contribution in [1.29, 1.82) is 0 Å². The molecule has 0 radical (unpaired) electrons. The van der Waals surface area contributed by atoms with Crippen molar-refractivity contribution >= 4 is 17.3 Å². The molecule has 0 aromatic heterocycles. The summed E-state index contributed by atoms with van der Waals surface area (Å²) >= 11 is 0. The maximum atomic E-state index is 12.7. The van der Waals surface area contributed by atoms with Crippen LogP contribution in [0.4, 0.5) is 20.2 Å². The summed E-state index contributed by atoms with van der Waals surface area (Å²) in [5.41, 5.74) is 1.27. The standard InChI is InChI=1S/C19H19F2N3O4/c20-19(21)28-15-5-3-4-13(10-15)12-22-18(25)16-11-14(24(26)27)6-7-17(16)23-8-1-2-9-23/h3-7,10-11,19H,1-2,8-9,12H2,(H,22,25). The lowest BCUT2D eigenvalue weighted by molar-refractivity contribution is -0.384. The minimum Gasteiger partial charge on any atom is -0.435 e. The van der Waals surface area contributed by atoms with Crippen molar-refractivity contribution in [1.82, 2.24) is 5.32 Å². The van der Waals surface area contributed by atoms with E-state index >= 15 is 0 Å². The number of non-ortho nitro benzene ring substituents is 1. The molecule has 9 heteroatoms. The van der Waals surface area contributed by atoms with Gasteiger partial charge in [-0.3, -0.25) is 14.9 Å². The van der Waals surface area contributed by atoms with Crippen LogP contribution in [0.5, 0.6) is 5.75 Å². The van der Waals surface area contributed by atoms with E-state index in [2.05, 4.69) is 10.1 Å². The molecule has 2 aromatic rings. The Hall–Kier alpha value is -3.23. The van der Waals surface area contributed by atoms with Crippen molar-refractivity contribution in [3.05, 3.63) is 63.7 Å². The molecule has 0 aliphatic carbocycles. The van der Waals surface area contributed by atoms with E-state index in [1.807, 2.05) is 4.90 Å². The first-order valence-electron chi connectivity index (χ1n) is 8.79. The minimum atomic E-state index is -2.93. The van der Waals surface area contributed by atoms with Gasteiger partial charge in [-0.25, -0.2) is 0 Å². The number of carbonyl (C=O) groups excluding carboxylic acids is 1. The minimum absolute atomic E-state index is 0.00477. The highest BCUT2D eigenvalue weighted by atomic mass is 19.3. The van der Waals surface area contributed by atoms with Gasteiger partial charge in [-0.1, -0.05) is 12.1 Å². The summed E-state index contributed by atoms with van der Waals surface area (Å²) < 4.78 is 29.0. The number of halogens is 2. The van der Waals surface area contributed by atoms with Crippen molar-refractivity contribution in [2.45, 2.75) is 26.0 Å². The van der Waals surface area contributed by atoms with E-state index in [1.165, 1.54) is 24.3 Å². The second-order valence-electron chi connectivity index (χ2n) is 6.36. The second-order valence-corrected chi connectivity index (χ2v) is 6.36. The van der Waals surface area contributed by atoms with Gasteiger partial charge in [-0.05, 0) is 36.6 Å². The highest BCUT2D eigenvalue weighted by molar-refractivity contribution is 6.00. The van der Waals surface area contributed by atoms with Crippen LogP contribution in [-0.4, -0.2) is 30.5 Å². The van der Waals surface area contributed by atoms with E-state index in [4.69, 9.17) is 0 Å². The van der Waals surface area contributed by atoms with Crippen molar-refractivity contribution in [2.24, 2.45) is 0 Å². The molecule has 3 rings (SSSR count). The zero-order valence-corrected chi connectivity index (χ0v) is 14.9. The molecule has 1 fully saturated rings. The van der Waals surface area contributed by atoms with Crippen LogP contribution in [0, 0.1) is 10.1 Å². The number of nitrogens with zero attached hydrogens (tertiary/aromatic N) is 2. The normalized spacial score (nSPS) is 13.6.